The van der Waals surface area contributed by atoms with Crippen molar-refractivity contribution < 1.29 is 27.4 Å². The SMILES string of the molecule is COc1ccc(S(=O)(=O)NC(C)c2cc(C(C)C)c(OC)cc2C)cc1C(=O)N1CCOCC1. The van der Waals surface area contributed by atoms with Crippen molar-refractivity contribution in [3.63, 3.8) is 0 Å². The Hall–Kier alpha value is -2.62. The highest BCUT2D eigenvalue weighted by Gasteiger charge is 2.26. The van der Waals surface area contributed by atoms with Gasteiger partial charge in [-0.15, -0.1) is 0 Å². The fraction of sp³-hybridized carbons (Fsp3) is 0.480. The summed E-state index contributed by atoms with van der Waals surface area (Å²) in [6, 6.07) is 7.78. The van der Waals surface area contributed by atoms with Gasteiger partial charge in [0.1, 0.15) is 11.5 Å². The molecule has 34 heavy (non-hydrogen) atoms. The zero-order valence-electron chi connectivity index (χ0n) is 20.7. The van der Waals surface area contributed by atoms with Gasteiger partial charge in [0.15, 0.2) is 0 Å². The van der Waals surface area contributed by atoms with Crippen LogP contribution in [0, 0.1) is 6.92 Å². The number of carbonyl (C=O) groups is 1. The van der Waals surface area contributed by atoms with Crippen molar-refractivity contribution in [1.82, 2.24) is 9.62 Å². The van der Waals surface area contributed by atoms with E-state index < -0.39 is 16.1 Å². The Morgan fingerprint density at radius 1 is 1.00 bits per heavy atom. The van der Waals surface area contributed by atoms with Gasteiger partial charge in [0, 0.05) is 19.1 Å². The Morgan fingerprint density at radius 3 is 2.24 bits per heavy atom. The number of hydrogen-bond acceptors (Lipinski definition) is 6. The number of sulfonamides is 1. The number of ether oxygens (including phenoxy) is 3. The number of carbonyl (C=O) groups excluding carboxylic acids is 1. The smallest absolute Gasteiger partial charge is 0.257 e. The lowest BCUT2D eigenvalue weighted by Gasteiger charge is -2.27. The predicted octanol–water partition coefficient (Wildman–Crippen LogP) is 3.65. The molecule has 2 aromatic rings. The van der Waals surface area contributed by atoms with E-state index >= 15 is 0 Å². The summed E-state index contributed by atoms with van der Waals surface area (Å²) in [4.78, 5) is 14.7. The normalized spacial score (nSPS) is 15.3. The molecule has 1 fully saturated rings. The Kier molecular flexibility index (Phi) is 8.22. The number of nitrogens with one attached hydrogen (secondary N) is 1. The van der Waals surface area contributed by atoms with E-state index in [9.17, 15) is 13.2 Å². The largest absolute Gasteiger partial charge is 0.496 e. The molecule has 2 aromatic carbocycles. The highest BCUT2D eigenvalue weighted by molar-refractivity contribution is 7.89. The van der Waals surface area contributed by atoms with Gasteiger partial charge >= 0.3 is 0 Å². The van der Waals surface area contributed by atoms with E-state index in [1.807, 2.05) is 19.1 Å². The molecule has 0 aliphatic carbocycles. The van der Waals surface area contributed by atoms with Gasteiger partial charge in [0.05, 0.1) is 37.9 Å². The average molecular weight is 491 g/mol. The topological polar surface area (TPSA) is 94.2 Å². The van der Waals surface area contributed by atoms with Crippen molar-refractivity contribution in [1.29, 1.82) is 0 Å². The molecule has 1 aliphatic heterocycles. The molecule has 1 unspecified atom stereocenters. The lowest BCUT2D eigenvalue weighted by molar-refractivity contribution is 0.0300. The van der Waals surface area contributed by atoms with Gasteiger partial charge in [-0.05, 0) is 66.8 Å². The molecule has 1 N–H and O–H groups in total. The zero-order valence-corrected chi connectivity index (χ0v) is 21.5. The van der Waals surface area contributed by atoms with Crippen LogP contribution in [0.1, 0.15) is 59.8 Å². The van der Waals surface area contributed by atoms with Crippen LogP contribution in [-0.2, 0) is 14.8 Å². The molecule has 1 heterocycles. The van der Waals surface area contributed by atoms with Crippen LogP contribution in [0.5, 0.6) is 11.5 Å². The van der Waals surface area contributed by atoms with E-state index in [4.69, 9.17) is 14.2 Å². The molecule has 0 bridgehead atoms. The summed E-state index contributed by atoms with van der Waals surface area (Å²) in [6.07, 6.45) is 0. The molecule has 0 radical (unpaired) electrons. The van der Waals surface area contributed by atoms with E-state index in [2.05, 4.69) is 18.6 Å². The third-order valence-electron chi connectivity index (χ3n) is 6.05. The third kappa shape index (κ3) is 5.54. The Balaban J connectivity index is 1.92. The molecular formula is C25H34N2O6S. The van der Waals surface area contributed by atoms with Crippen molar-refractivity contribution >= 4 is 15.9 Å². The second kappa shape index (κ2) is 10.8. The molecule has 0 aromatic heterocycles. The number of aryl methyl sites for hydroxylation is 1. The molecule has 0 saturated carbocycles. The monoisotopic (exact) mass is 490 g/mol. The summed E-state index contributed by atoms with van der Waals surface area (Å²) >= 11 is 0. The third-order valence-corrected chi connectivity index (χ3v) is 7.59. The van der Waals surface area contributed by atoms with Gasteiger partial charge in [-0.1, -0.05) is 13.8 Å². The summed E-state index contributed by atoms with van der Waals surface area (Å²) in [5, 5.41) is 0. The van der Waals surface area contributed by atoms with E-state index in [0.29, 0.717) is 32.1 Å². The van der Waals surface area contributed by atoms with Gasteiger partial charge in [-0.25, -0.2) is 13.1 Å². The van der Waals surface area contributed by atoms with Gasteiger partial charge in [0.2, 0.25) is 10.0 Å². The number of nitrogens with zero attached hydrogens (tertiary/aromatic N) is 1. The first-order chi connectivity index (χ1) is 16.1. The molecule has 9 heteroatoms. The number of rotatable bonds is 8. The summed E-state index contributed by atoms with van der Waals surface area (Å²) in [7, 11) is -0.829. The Labute approximate surface area is 202 Å². The van der Waals surface area contributed by atoms with Crippen LogP contribution in [0.3, 0.4) is 0 Å². The maximum Gasteiger partial charge on any atom is 0.257 e. The molecule has 186 valence electrons. The molecule has 3 rings (SSSR count). The van der Waals surface area contributed by atoms with Crippen LogP contribution in [-0.4, -0.2) is 59.7 Å². The standard InChI is InChI=1S/C25H34N2O6S/c1-16(2)20-15-21(17(3)13-24(20)32-6)18(4)26-34(29,30)19-7-8-23(31-5)22(14-19)25(28)27-9-11-33-12-10-27/h7-8,13-16,18,26H,9-12H2,1-6H3. The minimum Gasteiger partial charge on any atom is -0.496 e. The van der Waals surface area contributed by atoms with Crippen LogP contribution in [0.4, 0.5) is 0 Å². The summed E-state index contributed by atoms with van der Waals surface area (Å²) in [6.45, 7) is 9.66. The molecule has 1 aliphatic rings. The number of amides is 1. The Morgan fingerprint density at radius 2 is 1.65 bits per heavy atom. The fourth-order valence-corrected chi connectivity index (χ4v) is 5.38. The van der Waals surface area contributed by atoms with Crippen LogP contribution in [0.15, 0.2) is 35.2 Å². The van der Waals surface area contributed by atoms with Crippen molar-refractivity contribution in [2.24, 2.45) is 0 Å². The first kappa shape index (κ1) is 26.0. The van der Waals surface area contributed by atoms with E-state index in [1.165, 1.54) is 25.3 Å². The molecule has 1 saturated heterocycles. The lowest BCUT2D eigenvalue weighted by Crippen LogP contribution is -2.40. The van der Waals surface area contributed by atoms with E-state index in [1.54, 1.807) is 18.9 Å². The molecule has 1 atom stereocenters. The number of morpholine rings is 1. The summed E-state index contributed by atoms with van der Waals surface area (Å²) in [5.74, 6) is 1.05. The van der Waals surface area contributed by atoms with Crippen LogP contribution >= 0.6 is 0 Å². The minimum absolute atomic E-state index is 0.00649. The van der Waals surface area contributed by atoms with Gasteiger partial charge < -0.3 is 19.1 Å². The Bertz CT molecular complexity index is 1140. The molecule has 0 spiro atoms. The van der Waals surface area contributed by atoms with Crippen molar-refractivity contribution in [2.75, 3.05) is 40.5 Å². The average Bonchev–Trinajstić information content (AvgIpc) is 2.82. The second-order valence-corrected chi connectivity index (χ2v) is 10.4. The van der Waals surface area contributed by atoms with Crippen molar-refractivity contribution in [3.05, 3.63) is 52.6 Å². The van der Waals surface area contributed by atoms with Crippen molar-refractivity contribution in [3.8, 4) is 11.5 Å². The maximum absolute atomic E-state index is 13.3. The quantitative estimate of drug-likeness (QED) is 0.607. The first-order valence-electron chi connectivity index (χ1n) is 11.3. The van der Waals surface area contributed by atoms with E-state index in [-0.39, 0.29) is 22.3 Å². The highest BCUT2D eigenvalue weighted by atomic mass is 32.2. The zero-order chi connectivity index (χ0) is 25.0. The second-order valence-electron chi connectivity index (χ2n) is 8.72. The van der Waals surface area contributed by atoms with Crippen LogP contribution < -0.4 is 14.2 Å². The van der Waals surface area contributed by atoms with Crippen molar-refractivity contribution in [2.45, 2.75) is 44.6 Å². The maximum atomic E-state index is 13.3. The van der Waals surface area contributed by atoms with Gasteiger partial charge in [-0.3, -0.25) is 4.79 Å². The molecular weight excluding hydrogens is 456 g/mol. The minimum atomic E-state index is -3.92. The highest BCUT2D eigenvalue weighted by Crippen LogP contribution is 2.33. The lowest BCUT2D eigenvalue weighted by atomic mass is 9.94. The molecule has 1 amide bonds. The fourth-order valence-electron chi connectivity index (χ4n) is 4.13. The number of benzene rings is 2. The first-order valence-corrected chi connectivity index (χ1v) is 12.8. The summed E-state index contributed by atoms with van der Waals surface area (Å²) < 4.78 is 45.5. The van der Waals surface area contributed by atoms with Gasteiger partial charge in [-0.2, -0.15) is 0 Å². The molecule has 8 nitrogen and oxygen atoms in total. The number of hydrogen-bond donors (Lipinski definition) is 1. The van der Waals surface area contributed by atoms with Gasteiger partial charge in [0.25, 0.3) is 5.91 Å². The van der Waals surface area contributed by atoms with Crippen LogP contribution in [0.25, 0.3) is 0 Å². The predicted molar refractivity (Wildman–Crippen MR) is 130 cm³/mol. The number of methoxy groups -OCH3 is 2. The summed E-state index contributed by atoms with van der Waals surface area (Å²) in [5.41, 5.74) is 3.01. The van der Waals surface area contributed by atoms with Crippen LogP contribution in [0.2, 0.25) is 0 Å². The van der Waals surface area contributed by atoms with E-state index in [0.717, 1.165) is 22.4 Å².